The average molecular weight is 549 g/mol. The van der Waals surface area contributed by atoms with Gasteiger partial charge >= 0.3 is 12.1 Å². The quantitative estimate of drug-likeness (QED) is 0.438. The number of nitrogens with zero attached hydrogens (tertiary/aromatic N) is 2. The van der Waals surface area contributed by atoms with Gasteiger partial charge in [-0.1, -0.05) is 17.7 Å². The first-order valence-electron chi connectivity index (χ1n) is 11.7. The highest BCUT2D eigenvalue weighted by Crippen LogP contribution is 2.30. The van der Waals surface area contributed by atoms with E-state index in [2.05, 4.69) is 26.3 Å². The van der Waals surface area contributed by atoms with Crippen molar-refractivity contribution in [3.05, 3.63) is 70.1 Å². The normalized spacial score (nSPS) is 15.5. The van der Waals surface area contributed by atoms with E-state index in [9.17, 15) is 18.0 Å². The van der Waals surface area contributed by atoms with Crippen LogP contribution < -0.4 is 10.2 Å². The van der Waals surface area contributed by atoms with Crippen LogP contribution in [-0.4, -0.2) is 66.0 Å². The van der Waals surface area contributed by atoms with Crippen LogP contribution in [0.3, 0.4) is 0 Å². The minimum absolute atomic E-state index is 0.0210. The number of morpholine rings is 1. The van der Waals surface area contributed by atoms with Crippen molar-refractivity contribution in [2.24, 2.45) is 0 Å². The second-order valence-electron chi connectivity index (χ2n) is 8.46. The van der Waals surface area contributed by atoms with Crippen LogP contribution in [0.4, 0.5) is 18.9 Å². The van der Waals surface area contributed by atoms with Crippen molar-refractivity contribution in [1.29, 1.82) is 0 Å². The summed E-state index contributed by atoms with van der Waals surface area (Å²) >= 11 is 6.54. The summed E-state index contributed by atoms with van der Waals surface area (Å²) in [7, 11) is 0. The number of aromatic nitrogens is 2. The Balaban J connectivity index is 0.000000426. The molecule has 1 amide bonds. The Morgan fingerprint density at radius 1 is 1.16 bits per heavy atom. The SMILES string of the molecule is O=C(O)C(F)(F)F.O=C1NCCc2[nH]c(-c3ccnc(C=Cc4c(Cl)cccc4N4CCOCC4)c3)cc21. The first-order valence-corrected chi connectivity index (χ1v) is 12.1. The molecule has 2 aliphatic heterocycles. The van der Waals surface area contributed by atoms with Gasteiger partial charge in [-0.25, -0.2) is 4.79 Å². The topological polar surface area (TPSA) is 108 Å². The smallest absolute Gasteiger partial charge is 0.475 e. The number of hydrogen-bond donors (Lipinski definition) is 3. The lowest BCUT2D eigenvalue weighted by Gasteiger charge is -2.30. The standard InChI is InChI=1S/C24H23ClN4O2.C2HF3O2/c25-20-2-1-3-23(29-10-12-31-13-11-29)18(20)5-4-17-14-16(6-8-26-17)22-15-19-21(28-22)7-9-27-24(19)30;3-2(4,5)1(6)7/h1-6,8,14-15,28H,7,9-13H2,(H,27,30);(H,6,7). The average Bonchev–Trinajstić information content (AvgIpc) is 3.34. The maximum Gasteiger partial charge on any atom is 0.490 e. The number of aromatic amines is 1. The summed E-state index contributed by atoms with van der Waals surface area (Å²) in [6.45, 7) is 3.80. The van der Waals surface area contributed by atoms with E-state index >= 15 is 0 Å². The molecule has 38 heavy (non-hydrogen) atoms. The maximum absolute atomic E-state index is 12.1. The Kier molecular flexibility index (Phi) is 8.38. The minimum atomic E-state index is -5.08. The summed E-state index contributed by atoms with van der Waals surface area (Å²) in [5.41, 5.74) is 6.52. The van der Waals surface area contributed by atoms with Gasteiger partial charge in [0.25, 0.3) is 5.91 Å². The largest absolute Gasteiger partial charge is 0.490 e. The van der Waals surface area contributed by atoms with Gasteiger partial charge in [-0.3, -0.25) is 9.78 Å². The summed E-state index contributed by atoms with van der Waals surface area (Å²) in [6, 6.07) is 11.8. The van der Waals surface area contributed by atoms with Crippen LogP contribution in [0.15, 0.2) is 42.6 Å². The van der Waals surface area contributed by atoms with Crippen LogP contribution in [0.2, 0.25) is 5.02 Å². The van der Waals surface area contributed by atoms with Crippen LogP contribution in [0.5, 0.6) is 0 Å². The van der Waals surface area contributed by atoms with Gasteiger partial charge in [0, 0.05) is 65.5 Å². The van der Waals surface area contributed by atoms with Crippen molar-refractivity contribution in [3.8, 4) is 11.3 Å². The number of carboxylic acid groups (broad SMARTS) is 1. The summed E-state index contributed by atoms with van der Waals surface area (Å²) in [5.74, 6) is -2.78. The number of hydrogen-bond acceptors (Lipinski definition) is 5. The third-order valence-corrected chi connectivity index (χ3v) is 6.27. The Hall–Kier alpha value is -3.83. The van der Waals surface area contributed by atoms with Crippen molar-refractivity contribution in [2.45, 2.75) is 12.6 Å². The molecule has 1 saturated heterocycles. The molecule has 12 heteroatoms. The summed E-state index contributed by atoms with van der Waals surface area (Å²) in [4.78, 5) is 31.1. The number of carbonyl (C=O) groups excluding carboxylic acids is 1. The van der Waals surface area contributed by atoms with Gasteiger partial charge in [-0.05, 0) is 42.5 Å². The molecule has 8 nitrogen and oxygen atoms in total. The molecule has 0 saturated carbocycles. The van der Waals surface area contributed by atoms with E-state index in [1.165, 1.54) is 0 Å². The lowest BCUT2D eigenvalue weighted by molar-refractivity contribution is -0.192. The number of H-pyrrole nitrogens is 1. The van der Waals surface area contributed by atoms with Gasteiger partial charge in [0.15, 0.2) is 0 Å². The van der Waals surface area contributed by atoms with Gasteiger partial charge in [-0.15, -0.1) is 0 Å². The molecule has 1 fully saturated rings. The Morgan fingerprint density at radius 2 is 1.89 bits per heavy atom. The van der Waals surface area contributed by atoms with E-state index in [-0.39, 0.29) is 5.91 Å². The fraction of sp³-hybridized carbons (Fsp3) is 0.269. The lowest BCUT2D eigenvalue weighted by Crippen LogP contribution is -2.36. The molecule has 1 aromatic carbocycles. The molecule has 2 aliphatic rings. The van der Waals surface area contributed by atoms with Gasteiger partial charge in [0.1, 0.15) is 0 Å². The highest BCUT2D eigenvalue weighted by Gasteiger charge is 2.38. The van der Waals surface area contributed by atoms with Crippen molar-refractivity contribution in [3.63, 3.8) is 0 Å². The number of benzene rings is 1. The minimum Gasteiger partial charge on any atom is -0.475 e. The van der Waals surface area contributed by atoms with Crippen LogP contribution in [-0.2, 0) is 16.0 Å². The van der Waals surface area contributed by atoms with E-state index in [1.54, 1.807) is 6.20 Å². The highest BCUT2D eigenvalue weighted by molar-refractivity contribution is 6.32. The summed E-state index contributed by atoms with van der Waals surface area (Å²) in [5, 5.41) is 10.7. The molecule has 0 radical (unpaired) electrons. The van der Waals surface area contributed by atoms with Crippen LogP contribution >= 0.6 is 11.6 Å². The van der Waals surface area contributed by atoms with Crippen molar-refractivity contribution in [2.75, 3.05) is 37.7 Å². The number of amides is 1. The molecule has 5 rings (SSSR count). The lowest BCUT2D eigenvalue weighted by atomic mass is 10.1. The van der Waals surface area contributed by atoms with E-state index in [0.29, 0.717) is 11.6 Å². The molecule has 0 bridgehead atoms. The Morgan fingerprint density at radius 3 is 2.58 bits per heavy atom. The van der Waals surface area contributed by atoms with Gasteiger partial charge < -0.3 is 25.0 Å². The molecule has 3 N–H and O–H groups in total. The number of rotatable bonds is 4. The molecular weight excluding hydrogens is 525 g/mol. The highest BCUT2D eigenvalue weighted by atomic mass is 35.5. The fourth-order valence-electron chi connectivity index (χ4n) is 4.10. The monoisotopic (exact) mass is 548 g/mol. The number of ether oxygens (including phenoxy) is 1. The Bertz CT molecular complexity index is 1350. The van der Waals surface area contributed by atoms with Gasteiger partial charge in [0.2, 0.25) is 0 Å². The number of carboxylic acids is 1. The third-order valence-electron chi connectivity index (χ3n) is 5.94. The molecular formula is C26H24ClF3N4O4. The zero-order valence-corrected chi connectivity index (χ0v) is 20.8. The van der Waals surface area contributed by atoms with Gasteiger partial charge in [-0.2, -0.15) is 13.2 Å². The maximum atomic E-state index is 12.1. The van der Waals surface area contributed by atoms with E-state index in [1.807, 2.05) is 42.5 Å². The second-order valence-corrected chi connectivity index (χ2v) is 8.87. The van der Waals surface area contributed by atoms with Crippen molar-refractivity contribution >= 4 is 41.3 Å². The molecule has 200 valence electrons. The first-order chi connectivity index (χ1) is 18.1. The van der Waals surface area contributed by atoms with E-state index in [4.69, 9.17) is 26.2 Å². The number of fused-ring (bicyclic) bond motifs is 1. The number of nitrogens with one attached hydrogen (secondary N) is 2. The van der Waals surface area contributed by atoms with E-state index in [0.717, 1.165) is 72.2 Å². The number of anilines is 1. The number of carbonyl (C=O) groups is 2. The van der Waals surface area contributed by atoms with Crippen LogP contribution in [0, 0.1) is 0 Å². The molecule has 4 heterocycles. The molecule has 0 unspecified atom stereocenters. The Labute approximate surface area is 221 Å². The van der Waals surface area contributed by atoms with Crippen LogP contribution in [0.25, 0.3) is 23.4 Å². The first kappa shape index (κ1) is 27.2. The predicted molar refractivity (Wildman–Crippen MR) is 137 cm³/mol. The molecule has 3 aromatic rings. The van der Waals surface area contributed by atoms with Crippen molar-refractivity contribution in [1.82, 2.24) is 15.3 Å². The predicted octanol–water partition coefficient (Wildman–Crippen LogP) is 4.66. The number of alkyl halides is 3. The molecule has 0 atom stereocenters. The number of aliphatic carboxylic acids is 1. The zero-order chi connectivity index (χ0) is 27.3. The summed E-state index contributed by atoms with van der Waals surface area (Å²) in [6.07, 6.45) is 1.51. The number of pyridine rings is 1. The molecule has 2 aromatic heterocycles. The van der Waals surface area contributed by atoms with Crippen molar-refractivity contribution < 1.29 is 32.6 Å². The molecule has 0 spiro atoms. The number of halogens is 4. The van der Waals surface area contributed by atoms with Gasteiger partial charge in [0.05, 0.1) is 24.5 Å². The fourth-order valence-corrected chi connectivity index (χ4v) is 4.33. The third kappa shape index (κ3) is 6.53. The van der Waals surface area contributed by atoms with Crippen LogP contribution in [0.1, 0.15) is 27.3 Å². The second kappa shape index (κ2) is 11.7. The van der Waals surface area contributed by atoms with E-state index < -0.39 is 12.1 Å². The molecule has 0 aliphatic carbocycles. The zero-order valence-electron chi connectivity index (χ0n) is 20.0. The summed E-state index contributed by atoms with van der Waals surface area (Å²) < 4.78 is 37.2.